The molecule has 0 fully saturated rings. The van der Waals surface area contributed by atoms with E-state index in [4.69, 9.17) is 4.74 Å². The molecule has 1 aromatic heterocycles. The fraction of sp³-hybridized carbons (Fsp3) is 0.167. The summed E-state index contributed by atoms with van der Waals surface area (Å²) in [6.07, 6.45) is 0. The third-order valence-corrected chi connectivity index (χ3v) is 5.63. The van der Waals surface area contributed by atoms with Crippen molar-refractivity contribution in [3.8, 4) is 22.8 Å². The van der Waals surface area contributed by atoms with Gasteiger partial charge >= 0.3 is 0 Å². The van der Waals surface area contributed by atoms with Gasteiger partial charge < -0.3 is 4.74 Å². The molecule has 0 radical (unpaired) electrons. The summed E-state index contributed by atoms with van der Waals surface area (Å²) in [6.45, 7) is 4.86. The van der Waals surface area contributed by atoms with Crippen LogP contribution in [0, 0.1) is 13.8 Å². The first kappa shape index (κ1) is 19.3. The Morgan fingerprint density at radius 1 is 0.828 bits per heavy atom. The maximum absolute atomic E-state index is 5.82. The van der Waals surface area contributed by atoms with Crippen molar-refractivity contribution in [2.45, 2.75) is 19.0 Å². The van der Waals surface area contributed by atoms with Crippen LogP contribution in [0.25, 0.3) is 17.1 Å². The molecule has 5 heteroatoms. The zero-order valence-corrected chi connectivity index (χ0v) is 17.4. The van der Waals surface area contributed by atoms with Crippen molar-refractivity contribution in [3.05, 3.63) is 90.0 Å². The van der Waals surface area contributed by atoms with E-state index in [2.05, 4.69) is 58.9 Å². The molecule has 29 heavy (non-hydrogen) atoms. The minimum Gasteiger partial charge on any atom is -0.493 e. The fourth-order valence-corrected chi connectivity index (χ4v) is 3.81. The SMILES string of the molecule is Cc1ccc(-n2c(SCCOc3ccccc3)nnc2-c2ccccc2)cc1C. The van der Waals surface area contributed by atoms with Crippen LogP contribution in [0.4, 0.5) is 0 Å². The second kappa shape index (κ2) is 8.97. The molecule has 146 valence electrons. The first-order chi connectivity index (χ1) is 14.2. The molecule has 4 rings (SSSR count). The van der Waals surface area contributed by atoms with Crippen LogP contribution in [-0.4, -0.2) is 27.1 Å². The number of ether oxygens (including phenoxy) is 1. The Kier molecular flexibility index (Phi) is 5.96. The van der Waals surface area contributed by atoms with Gasteiger partial charge in [-0.1, -0.05) is 66.4 Å². The Morgan fingerprint density at radius 3 is 2.28 bits per heavy atom. The van der Waals surface area contributed by atoms with Crippen molar-refractivity contribution in [2.75, 3.05) is 12.4 Å². The lowest BCUT2D eigenvalue weighted by Gasteiger charge is -2.12. The number of aromatic nitrogens is 3. The Labute approximate surface area is 175 Å². The van der Waals surface area contributed by atoms with Crippen molar-refractivity contribution >= 4 is 11.8 Å². The molecule has 0 aliphatic heterocycles. The molecule has 4 nitrogen and oxygen atoms in total. The summed E-state index contributed by atoms with van der Waals surface area (Å²) in [7, 11) is 0. The molecule has 0 bridgehead atoms. The lowest BCUT2D eigenvalue weighted by atomic mass is 10.1. The quantitative estimate of drug-likeness (QED) is 0.293. The minimum atomic E-state index is 0.606. The van der Waals surface area contributed by atoms with E-state index >= 15 is 0 Å². The number of benzene rings is 3. The van der Waals surface area contributed by atoms with Crippen LogP contribution in [0.1, 0.15) is 11.1 Å². The monoisotopic (exact) mass is 401 g/mol. The molecule has 0 spiro atoms. The van der Waals surface area contributed by atoms with E-state index in [9.17, 15) is 0 Å². The second-order valence-electron chi connectivity index (χ2n) is 6.79. The summed E-state index contributed by atoms with van der Waals surface area (Å²) in [5, 5.41) is 9.85. The van der Waals surface area contributed by atoms with E-state index in [1.54, 1.807) is 11.8 Å². The van der Waals surface area contributed by atoms with E-state index in [1.165, 1.54) is 11.1 Å². The van der Waals surface area contributed by atoms with E-state index in [0.29, 0.717) is 6.61 Å². The summed E-state index contributed by atoms with van der Waals surface area (Å²) in [5.41, 5.74) is 4.64. The lowest BCUT2D eigenvalue weighted by Crippen LogP contribution is -2.04. The highest BCUT2D eigenvalue weighted by Crippen LogP contribution is 2.28. The molecule has 0 aliphatic carbocycles. The zero-order valence-electron chi connectivity index (χ0n) is 16.6. The van der Waals surface area contributed by atoms with Crippen LogP contribution in [-0.2, 0) is 0 Å². The third kappa shape index (κ3) is 4.51. The third-order valence-electron chi connectivity index (χ3n) is 4.74. The zero-order chi connectivity index (χ0) is 20.1. The van der Waals surface area contributed by atoms with Crippen LogP contribution in [0.3, 0.4) is 0 Å². The van der Waals surface area contributed by atoms with Crippen molar-refractivity contribution in [2.24, 2.45) is 0 Å². The number of para-hydroxylation sites is 1. The maximum atomic E-state index is 5.82. The van der Waals surface area contributed by atoms with Gasteiger partial charge in [-0.2, -0.15) is 0 Å². The number of hydrogen-bond donors (Lipinski definition) is 0. The molecule has 0 amide bonds. The average Bonchev–Trinajstić information content (AvgIpc) is 3.18. The minimum absolute atomic E-state index is 0.606. The predicted molar refractivity (Wildman–Crippen MR) is 119 cm³/mol. The van der Waals surface area contributed by atoms with E-state index in [1.807, 2.05) is 48.5 Å². The molecule has 3 aromatic carbocycles. The highest BCUT2D eigenvalue weighted by Gasteiger charge is 2.16. The fourth-order valence-electron chi connectivity index (χ4n) is 3.04. The summed E-state index contributed by atoms with van der Waals surface area (Å²) in [6, 6.07) is 26.5. The molecule has 0 atom stereocenters. The van der Waals surface area contributed by atoms with Crippen LogP contribution in [0.15, 0.2) is 84.0 Å². The standard InChI is InChI=1S/C24H23N3OS/c1-18-13-14-21(17-19(18)2)27-23(20-9-5-3-6-10-20)25-26-24(27)29-16-15-28-22-11-7-4-8-12-22/h3-14,17H,15-16H2,1-2H3. The lowest BCUT2D eigenvalue weighted by molar-refractivity contribution is 0.344. The number of thioether (sulfide) groups is 1. The van der Waals surface area contributed by atoms with E-state index in [-0.39, 0.29) is 0 Å². The maximum Gasteiger partial charge on any atom is 0.196 e. The van der Waals surface area contributed by atoms with E-state index < -0.39 is 0 Å². The summed E-state index contributed by atoms with van der Waals surface area (Å²) in [4.78, 5) is 0. The number of rotatable bonds is 7. The average molecular weight is 402 g/mol. The van der Waals surface area contributed by atoms with Gasteiger partial charge in [-0.3, -0.25) is 4.57 Å². The van der Waals surface area contributed by atoms with Gasteiger partial charge in [0.15, 0.2) is 11.0 Å². The van der Waals surface area contributed by atoms with Gasteiger partial charge in [0.25, 0.3) is 0 Å². The number of hydrogen-bond acceptors (Lipinski definition) is 4. The molecule has 0 unspecified atom stereocenters. The largest absolute Gasteiger partial charge is 0.493 e. The Morgan fingerprint density at radius 2 is 1.55 bits per heavy atom. The Balaban J connectivity index is 1.59. The number of nitrogens with zero attached hydrogens (tertiary/aromatic N) is 3. The molecular formula is C24H23N3OS. The summed E-state index contributed by atoms with van der Waals surface area (Å²) >= 11 is 1.65. The van der Waals surface area contributed by atoms with Crippen LogP contribution in [0.5, 0.6) is 5.75 Å². The van der Waals surface area contributed by atoms with Crippen molar-refractivity contribution in [1.29, 1.82) is 0 Å². The van der Waals surface area contributed by atoms with Gasteiger partial charge in [-0.25, -0.2) is 0 Å². The molecule has 0 saturated heterocycles. The van der Waals surface area contributed by atoms with Gasteiger partial charge in [0.1, 0.15) is 5.75 Å². The van der Waals surface area contributed by atoms with Crippen molar-refractivity contribution < 1.29 is 4.74 Å². The molecule has 1 heterocycles. The molecular weight excluding hydrogens is 378 g/mol. The number of aryl methyl sites for hydroxylation is 2. The molecule has 0 saturated carbocycles. The smallest absolute Gasteiger partial charge is 0.196 e. The van der Waals surface area contributed by atoms with Crippen LogP contribution in [0.2, 0.25) is 0 Å². The van der Waals surface area contributed by atoms with Crippen molar-refractivity contribution in [1.82, 2.24) is 14.8 Å². The molecule has 4 aromatic rings. The van der Waals surface area contributed by atoms with Gasteiger partial charge in [-0.05, 0) is 49.2 Å². The van der Waals surface area contributed by atoms with Crippen molar-refractivity contribution in [3.63, 3.8) is 0 Å². The summed E-state index contributed by atoms with van der Waals surface area (Å²) < 4.78 is 7.96. The first-order valence-electron chi connectivity index (χ1n) is 9.61. The molecule has 0 N–H and O–H groups in total. The van der Waals surface area contributed by atoms with Gasteiger partial charge in [0.2, 0.25) is 0 Å². The highest BCUT2D eigenvalue weighted by atomic mass is 32.2. The topological polar surface area (TPSA) is 39.9 Å². The first-order valence-corrected chi connectivity index (χ1v) is 10.6. The van der Waals surface area contributed by atoms with Gasteiger partial charge in [-0.15, -0.1) is 10.2 Å². The Hall–Kier alpha value is -3.05. The predicted octanol–water partition coefficient (Wildman–Crippen LogP) is 5.72. The Bertz CT molecular complexity index is 1080. The summed E-state index contributed by atoms with van der Waals surface area (Å²) in [5.74, 6) is 2.51. The second-order valence-corrected chi connectivity index (χ2v) is 7.85. The van der Waals surface area contributed by atoms with Crippen LogP contribution >= 0.6 is 11.8 Å². The van der Waals surface area contributed by atoms with Gasteiger partial charge in [0, 0.05) is 11.3 Å². The normalized spacial score (nSPS) is 10.8. The molecule has 0 aliphatic rings. The van der Waals surface area contributed by atoms with Gasteiger partial charge in [0.05, 0.1) is 12.3 Å². The highest BCUT2D eigenvalue weighted by molar-refractivity contribution is 7.99. The van der Waals surface area contributed by atoms with Crippen LogP contribution < -0.4 is 4.74 Å². The van der Waals surface area contributed by atoms with E-state index in [0.717, 1.165) is 33.7 Å².